The molecule has 6 rings (SSSR count). The fourth-order valence-electron chi connectivity index (χ4n) is 9.13. The van der Waals surface area contributed by atoms with Crippen LogP contribution in [0.25, 0.3) is 33.6 Å². The number of benzene rings is 2. The minimum Gasteiger partial charge on any atom is -0.453 e. The Hall–Kier alpha value is -5.31. The molecule has 2 aromatic carbocycles. The molecule has 4 atom stereocenters. The average Bonchev–Trinajstić information content (AvgIpc) is 4.15. The minimum atomic E-state index is -1.35. The molecule has 0 saturated carbocycles. The molecule has 382 valence electrons. The van der Waals surface area contributed by atoms with Crippen molar-refractivity contribution in [3.63, 3.8) is 0 Å². The van der Waals surface area contributed by atoms with Gasteiger partial charge in [-0.05, 0) is 71.9 Å². The molecule has 4 aromatic rings. The van der Waals surface area contributed by atoms with Gasteiger partial charge in [0, 0.05) is 42.5 Å². The Morgan fingerprint density at radius 2 is 0.929 bits per heavy atom. The summed E-state index contributed by atoms with van der Waals surface area (Å²) in [6.45, 7) is 24.7. The fourth-order valence-corrected chi connectivity index (χ4v) is 10.6. The maximum absolute atomic E-state index is 14.1. The molecule has 0 unspecified atom stereocenters. The van der Waals surface area contributed by atoms with Gasteiger partial charge in [-0.1, -0.05) is 116 Å². The van der Waals surface area contributed by atoms with E-state index in [1.807, 2.05) is 49.9 Å². The fraction of sp³-hybridized carbons (Fsp3) is 0.577. The molecule has 0 spiro atoms. The number of rotatable bonds is 21. The zero-order valence-electron chi connectivity index (χ0n) is 43.7. The Morgan fingerprint density at radius 3 is 1.24 bits per heavy atom. The van der Waals surface area contributed by atoms with E-state index in [1.165, 1.54) is 14.2 Å². The van der Waals surface area contributed by atoms with Gasteiger partial charge < -0.3 is 48.5 Å². The summed E-state index contributed by atoms with van der Waals surface area (Å²) >= 11 is 0. The predicted molar refractivity (Wildman–Crippen MR) is 278 cm³/mol. The zero-order valence-corrected chi connectivity index (χ0v) is 45.7. The Kier molecular flexibility index (Phi) is 18.3. The largest absolute Gasteiger partial charge is 0.453 e. The average molecular weight is 999 g/mol. The van der Waals surface area contributed by atoms with Crippen molar-refractivity contribution in [2.24, 2.45) is 11.8 Å². The number of likely N-dealkylation sites (tertiary alicyclic amines) is 2. The number of nitrogens with one attached hydrogen (secondary N) is 2. The molecule has 2 aliphatic rings. The number of nitrogens with zero attached hydrogens (tertiary/aromatic N) is 6. The van der Waals surface area contributed by atoms with Crippen molar-refractivity contribution in [1.82, 2.24) is 39.5 Å². The van der Waals surface area contributed by atoms with Crippen LogP contribution >= 0.6 is 0 Å². The van der Waals surface area contributed by atoms with E-state index >= 15 is 0 Å². The quantitative estimate of drug-likeness (QED) is 0.0605. The number of carbonyl (C=O) groups is 4. The van der Waals surface area contributed by atoms with Crippen LogP contribution in [0.1, 0.15) is 77.1 Å². The van der Waals surface area contributed by atoms with Crippen molar-refractivity contribution in [3.8, 4) is 33.6 Å². The number of methoxy groups -OCH3 is 2. The highest BCUT2D eigenvalue weighted by Gasteiger charge is 2.40. The van der Waals surface area contributed by atoms with Crippen LogP contribution in [-0.2, 0) is 42.0 Å². The topological polar surface area (TPSA) is 171 Å². The summed E-state index contributed by atoms with van der Waals surface area (Å²) in [5.41, 5.74) is 5.83. The number of carbonyl (C=O) groups excluding carboxylic acids is 4. The number of imidazole rings is 2. The molecular weight excluding hydrogens is 921 g/mol. The van der Waals surface area contributed by atoms with Gasteiger partial charge in [-0.2, -0.15) is 0 Å². The van der Waals surface area contributed by atoms with Crippen LogP contribution in [0.5, 0.6) is 0 Å². The summed E-state index contributed by atoms with van der Waals surface area (Å²) in [5.74, 6) is 0.947. The molecule has 16 nitrogen and oxygen atoms in total. The van der Waals surface area contributed by atoms with Gasteiger partial charge in [0.15, 0.2) is 0 Å². The number of hydrogen-bond donors (Lipinski definition) is 2. The van der Waals surface area contributed by atoms with Crippen molar-refractivity contribution in [2.45, 2.75) is 142 Å². The smallest absolute Gasteiger partial charge is 0.407 e. The van der Waals surface area contributed by atoms with Gasteiger partial charge in [-0.15, -0.1) is 0 Å². The molecule has 2 saturated heterocycles. The molecule has 70 heavy (non-hydrogen) atoms. The van der Waals surface area contributed by atoms with Crippen LogP contribution in [-0.4, -0.2) is 122 Å². The maximum Gasteiger partial charge on any atom is 0.407 e. The van der Waals surface area contributed by atoms with Crippen molar-refractivity contribution >= 4 is 40.1 Å². The van der Waals surface area contributed by atoms with Crippen molar-refractivity contribution in [2.75, 3.05) is 40.5 Å². The third kappa shape index (κ3) is 13.6. The second-order valence-corrected chi connectivity index (χ2v) is 33.0. The van der Waals surface area contributed by atoms with Gasteiger partial charge in [0.25, 0.3) is 0 Å². The molecule has 2 fully saturated rings. The van der Waals surface area contributed by atoms with Crippen LogP contribution in [0.4, 0.5) is 9.59 Å². The van der Waals surface area contributed by atoms with Crippen LogP contribution in [0.2, 0.25) is 51.4 Å². The highest BCUT2D eigenvalue weighted by atomic mass is 28.3. The number of amides is 4. The van der Waals surface area contributed by atoms with Crippen molar-refractivity contribution < 1.29 is 38.1 Å². The van der Waals surface area contributed by atoms with Gasteiger partial charge in [0.05, 0.1) is 50.1 Å². The molecular formula is C52H78N8O8Si2. The monoisotopic (exact) mass is 999 g/mol. The number of alkyl carbamates (subject to hydrolysis) is 2. The van der Waals surface area contributed by atoms with Crippen LogP contribution in [0.15, 0.2) is 60.9 Å². The first kappa shape index (κ1) is 54.0. The van der Waals surface area contributed by atoms with E-state index in [1.54, 1.807) is 0 Å². The highest BCUT2D eigenvalue weighted by molar-refractivity contribution is 6.76. The first-order valence-electron chi connectivity index (χ1n) is 25.0. The first-order valence-corrected chi connectivity index (χ1v) is 32.4. The number of ether oxygens (including phenoxy) is 4. The maximum atomic E-state index is 14.1. The van der Waals surface area contributed by atoms with Crippen LogP contribution in [0, 0.1) is 11.8 Å². The third-order valence-corrected chi connectivity index (χ3v) is 16.8. The molecule has 2 aliphatic heterocycles. The van der Waals surface area contributed by atoms with E-state index in [9.17, 15) is 19.2 Å². The van der Waals surface area contributed by atoms with Crippen molar-refractivity contribution in [1.29, 1.82) is 0 Å². The van der Waals surface area contributed by atoms with Gasteiger partial charge in [-0.3, -0.25) is 9.59 Å². The molecule has 4 heterocycles. The summed E-state index contributed by atoms with van der Waals surface area (Å²) in [7, 11) is -0.0891. The van der Waals surface area contributed by atoms with Gasteiger partial charge in [-0.25, -0.2) is 19.6 Å². The Balaban J connectivity index is 1.26. The molecule has 18 heteroatoms. The van der Waals surface area contributed by atoms with E-state index in [-0.39, 0.29) is 35.7 Å². The third-order valence-electron chi connectivity index (χ3n) is 13.4. The SMILES string of the molecule is COC(=O)N[C@H](C(=O)N1CCC[C@H]1c1ncc(-c2ccc(-c3ccc(-c4cnc([C@@H]5CCCN5C(=O)[C@@H](NC(=O)OC)C(C)C)n4COCC[Si](C)(C)C)cc3)cc2)n1COCC[Si](C)(C)C)C(C)C. The van der Waals surface area contributed by atoms with Crippen LogP contribution in [0.3, 0.4) is 0 Å². The number of aromatic nitrogens is 4. The second-order valence-electron chi connectivity index (χ2n) is 21.8. The van der Waals surface area contributed by atoms with E-state index in [0.717, 1.165) is 83.1 Å². The second kappa shape index (κ2) is 23.7. The number of hydrogen-bond acceptors (Lipinski definition) is 10. The van der Waals surface area contributed by atoms with Crippen LogP contribution < -0.4 is 10.6 Å². The van der Waals surface area contributed by atoms with E-state index < -0.39 is 40.4 Å². The van der Waals surface area contributed by atoms with Gasteiger partial charge in [0.1, 0.15) is 37.2 Å². The van der Waals surface area contributed by atoms with E-state index in [4.69, 9.17) is 28.9 Å². The Bertz CT molecular complexity index is 2220. The normalized spacial score (nSPS) is 17.3. The minimum absolute atomic E-state index is 0.141. The predicted octanol–water partition coefficient (Wildman–Crippen LogP) is 9.79. The summed E-state index contributed by atoms with van der Waals surface area (Å²) in [5, 5.41) is 5.51. The summed E-state index contributed by atoms with van der Waals surface area (Å²) in [4.78, 5) is 66.3. The lowest BCUT2D eigenvalue weighted by Gasteiger charge is -2.31. The summed E-state index contributed by atoms with van der Waals surface area (Å²) < 4.78 is 26.7. The Morgan fingerprint density at radius 1 is 0.586 bits per heavy atom. The molecule has 0 aliphatic carbocycles. The molecule has 0 radical (unpaired) electrons. The zero-order chi connectivity index (χ0) is 50.9. The van der Waals surface area contributed by atoms with E-state index in [2.05, 4.69) is 108 Å². The van der Waals surface area contributed by atoms with Crippen molar-refractivity contribution in [3.05, 3.63) is 72.6 Å². The van der Waals surface area contributed by atoms with Gasteiger partial charge in [0.2, 0.25) is 11.8 Å². The molecule has 0 bridgehead atoms. The molecule has 2 N–H and O–H groups in total. The summed E-state index contributed by atoms with van der Waals surface area (Å²) in [6.07, 6.45) is 5.62. The lowest BCUT2D eigenvalue weighted by Crippen LogP contribution is -2.51. The highest BCUT2D eigenvalue weighted by Crippen LogP contribution is 2.38. The summed E-state index contributed by atoms with van der Waals surface area (Å²) in [6, 6.07) is 16.9. The lowest BCUT2D eigenvalue weighted by atomic mass is 10.0. The molecule has 4 amide bonds. The molecule has 2 aromatic heterocycles. The van der Waals surface area contributed by atoms with Gasteiger partial charge >= 0.3 is 12.2 Å². The van der Waals surface area contributed by atoms with E-state index in [0.29, 0.717) is 39.8 Å². The standard InChI is InChI=1S/C52H78N8O8Si2/c1-35(2)45(55-51(63)65-5)49(61)57-25-13-15-41(57)47-53-31-43(59(47)33-67-27-29-69(7,8)9)39-21-17-37(18-22-39)38-19-23-40(24-20-38)44-32-54-48(60(44)34-68-28-30-70(10,11)12)42-16-14-26-58(42)50(62)46(36(3)4)56-52(64)66-6/h17-24,31-32,35-36,41-42,45-46H,13-16,25-30,33-34H2,1-12H3,(H,55,63)(H,56,64)/t41-,42-,45-,46-/m0/s1. The Labute approximate surface area is 417 Å². The first-order chi connectivity index (χ1) is 33.2. The lowest BCUT2D eigenvalue weighted by molar-refractivity contribution is -0.136.